The van der Waals surface area contributed by atoms with Gasteiger partial charge in [0, 0.05) is 0 Å². The lowest BCUT2D eigenvalue weighted by molar-refractivity contribution is -0.142. The summed E-state index contributed by atoms with van der Waals surface area (Å²) in [4.78, 5) is 0. The molecule has 0 aromatic heterocycles. The van der Waals surface area contributed by atoms with Gasteiger partial charge in [-0.25, -0.2) is 8.78 Å². The lowest BCUT2D eigenvalue weighted by Gasteiger charge is -2.38. The van der Waals surface area contributed by atoms with Crippen molar-refractivity contribution in [1.29, 1.82) is 0 Å². The maximum Gasteiger partial charge on any atom is 0.422 e. The highest BCUT2D eigenvalue weighted by Crippen LogP contribution is 2.45. The average molecular weight is 443 g/mol. The largest absolute Gasteiger partial charge is 0.422 e. The van der Waals surface area contributed by atoms with Gasteiger partial charge >= 0.3 is 6.18 Å². The third-order valence-electron chi connectivity index (χ3n) is 7.53. The standard InChI is InChI=1S/C26H35F5/c1-2-3-4-5-6-7-18-8-10-19(11-9-18)20-12-14-21(15-13-20)22-16-23(27)25(24(28)17-22)26(29,30)31/h3-4,16-21H,2,5-15H2,1H3/b4-3+. The lowest BCUT2D eigenvalue weighted by atomic mass is 9.68. The molecular weight excluding hydrogens is 407 g/mol. The van der Waals surface area contributed by atoms with Crippen molar-refractivity contribution in [3.63, 3.8) is 0 Å². The molecule has 2 saturated carbocycles. The number of benzene rings is 1. The summed E-state index contributed by atoms with van der Waals surface area (Å²) >= 11 is 0. The third-order valence-corrected chi connectivity index (χ3v) is 7.53. The van der Waals surface area contributed by atoms with Gasteiger partial charge < -0.3 is 0 Å². The third kappa shape index (κ3) is 6.55. The van der Waals surface area contributed by atoms with Crippen molar-refractivity contribution in [3.8, 4) is 0 Å². The molecule has 0 spiro atoms. The van der Waals surface area contributed by atoms with Crippen molar-refractivity contribution in [3.05, 3.63) is 47.0 Å². The SMILES string of the molecule is CC/C=C/CCCC1CCC(C2CCC(c3cc(F)c(C(F)(F)F)c(F)c3)CC2)CC1. The molecule has 0 unspecified atom stereocenters. The van der Waals surface area contributed by atoms with Crippen LogP contribution in [-0.4, -0.2) is 0 Å². The van der Waals surface area contributed by atoms with Crippen LogP contribution >= 0.6 is 0 Å². The van der Waals surface area contributed by atoms with Crippen LogP contribution in [0.5, 0.6) is 0 Å². The Hall–Kier alpha value is -1.39. The van der Waals surface area contributed by atoms with E-state index in [1.54, 1.807) is 0 Å². The van der Waals surface area contributed by atoms with Crippen LogP contribution < -0.4 is 0 Å². The molecule has 2 aliphatic carbocycles. The van der Waals surface area contributed by atoms with E-state index in [0.29, 0.717) is 11.5 Å². The molecule has 1 aromatic carbocycles. The van der Waals surface area contributed by atoms with Crippen molar-refractivity contribution in [2.75, 3.05) is 0 Å². The first-order valence-electron chi connectivity index (χ1n) is 12.0. The normalized spacial score (nSPS) is 27.7. The molecule has 0 bridgehead atoms. The van der Waals surface area contributed by atoms with Crippen molar-refractivity contribution < 1.29 is 22.0 Å². The van der Waals surface area contributed by atoms with E-state index in [1.807, 2.05) is 0 Å². The average Bonchev–Trinajstić information content (AvgIpc) is 2.73. The molecule has 2 fully saturated rings. The quantitative estimate of drug-likeness (QED) is 0.224. The molecule has 0 atom stereocenters. The Morgan fingerprint density at radius 2 is 1.39 bits per heavy atom. The molecule has 31 heavy (non-hydrogen) atoms. The Labute approximate surface area is 183 Å². The zero-order valence-electron chi connectivity index (χ0n) is 18.5. The van der Waals surface area contributed by atoms with Crippen LogP contribution in [0.1, 0.15) is 101 Å². The Balaban J connectivity index is 1.46. The van der Waals surface area contributed by atoms with E-state index in [-0.39, 0.29) is 5.92 Å². The second-order valence-electron chi connectivity index (χ2n) is 9.56. The molecule has 0 radical (unpaired) electrons. The molecule has 0 nitrogen and oxygen atoms in total. The maximum atomic E-state index is 14.0. The second kappa shape index (κ2) is 11.0. The topological polar surface area (TPSA) is 0 Å². The smallest absolute Gasteiger partial charge is 0.206 e. The molecule has 3 rings (SSSR count). The van der Waals surface area contributed by atoms with Gasteiger partial charge in [-0.15, -0.1) is 0 Å². The number of hydrogen-bond acceptors (Lipinski definition) is 0. The fraction of sp³-hybridized carbons (Fsp3) is 0.692. The minimum absolute atomic E-state index is 0.0463. The summed E-state index contributed by atoms with van der Waals surface area (Å²) in [5.74, 6) is -0.802. The van der Waals surface area contributed by atoms with E-state index < -0.39 is 23.4 Å². The highest BCUT2D eigenvalue weighted by molar-refractivity contribution is 5.30. The number of rotatable bonds is 7. The molecule has 5 heteroatoms. The Bertz CT molecular complexity index is 697. The number of halogens is 5. The second-order valence-corrected chi connectivity index (χ2v) is 9.56. The highest BCUT2D eigenvalue weighted by Gasteiger charge is 2.39. The predicted octanol–water partition coefficient (Wildman–Crippen LogP) is 9.20. The molecule has 1 aromatic rings. The van der Waals surface area contributed by atoms with Crippen molar-refractivity contribution in [2.24, 2.45) is 17.8 Å². The molecule has 0 N–H and O–H groups in total. The van der Waals surface area contributed by atoms with E-state index >= 15 is 0 Å². The minimum atomic E-state index is -5.00. The fourth-order valence-corrected chi connectivity index (χ4v) is 5.78. The minimum Gasteiger partial charge on any atom is -0.206 e. The maximum absolute atomic E-state index is 14.0. The molecule has 0 amide bonds. The fourth-order valence-electron chi connectivity index (χ4n) is 5.78. The van der Waals surface area contributed by atoms with Gasteiger partial charge in [0.2, 0.25) is 0 Å². The highest BCUT2D eigenvalue weighted by atomic mass is 19.4. The Morgan fingerprint density at radius 3 is 1.90 bits per heavy atom. The summed E-state index contributed by atoms with van der Waals surface area (Å²) in [6.45, 7) is 2.16. The van der Waals surface area contributed by atoms with Gasteiger partial charge in [0.15, 0.2) is 0 Å². The van der Waals surface area contributed by atoms with Crippen LogP contribution in [0, 0.1) is 29.4 Å². The lowest BCUT2D eigenvalue weighted by Crippen LogP contribution is -2.25. The molecule has 174 valence electrons. The van der Waals surface area contributed by atoms with Crippen LogP contribution in [0.3, 0.4) is 0 Å². The Morgan fingerprint density at radius 1 is 0.839 bits per heavy atom. The predicted molar refractivity (Wildman–Crippen MR) is 115 cm³/mol. The van der Waals surface area contributed by atoms with Crippen LogP contribution in [0.15, 0.2) is 24.3 Å². The van der Waals surface area contributed by atoms with Gasteiger partial charge in [-0.05, 0) is 99.2 Å². The van der Waals surface area contributed by atoms with Crippen LogP contribution in [0.25, 0.3) is 0 Å². The monoisotopic (exact) mass is 442 g/mol. The van der Waals surface area contributed by atoms with Crippen LogP contribution in [-0.2, 0) is 6.18 Å². The van der Waals surface area contributed by atoms with E-state index in [2.05, 4.69) is 19.1 Å². The summed E-state index contributed by atoms with van der Waals surface area (Å²) < 4.78 is 66.3. The van der Waals surface area contributed by atoms with E-state index in [4.69, 9.17) is 0 Å². The van der Waals surface area contributed by atoms with Gasteiger partial charge in [0.05, 0.1) is 0 Å². The Kier molecular flexibility index (Phi) is 8.58. The van der Waals surface area contributed by atoms with Gasteiger partial charge in [0.1, 0.15) is 17.2 Å². The molecule has 0 saturated heterocycles. The summed E-state index contributed by atoms with van der Waals surface area (Å²) in [7, 11) is 0. The summed E-state index contributed by atoms with van der Waals surface area (Å²) in [6, 6.07) is 1.80. The molecular formula is C26H35F5. The summed E-state index contributed by atoms with van der Waals surface area (Å²) in [5.41, 5.74) is -1.40. The van der Waals surface area contributed by atoms with Crippen LogP contribution in [0.2, 0.25) is 0 Å². The zero-order chi connectivity index (χ0) is 22.4. The van der Waals surface area contributed by atoms with Crippen LogP contribution in [0.4, 0.5) is 22.0 Å². The summed E-state index contributed by atoms with van der Waals surface area (Å²) in [5, 5.41) is 0. The first-order chi connectivity index (χ1) is 14.8. The first kappa shape index (κ1) is 24.3. The van der Waals surface area contributed by atoms with Gasteiger partial charge in [0.25, 0.3) is 0 Å². The van der Waals surface area contributed by atoms with Crippen molar-refractivity contribution in [1.82, 2.24) is 0 Å². The van der Waals surface area contributed by atoms with Gasteiger partial charge in [-0.1, -0.05) is 38.3 Å². The zero-order valence-corrected chi connectivity index (χ0v) is 18.5. The van der Waals surface area contributed by atoms with E-state index in [9.17, 15) is 22.0 Å². The van der Waals surface area contributed by atoms with E-state index in [1.165, 1.54) is 44.9 Å². The summed E-state index contributed by atoms with van der Waals surface area (Å²) in [6.07, 6.45) is 13.2. The molecule has 0 aliphatic heterocycles. The van der Waals surface area contributed by atoms with Gasteiger partial charge in [-0.2, -0.15) is 13.2 Å². The van der Waals surface area contributed by atoms with E-state index in [0.717, 1.165) is 56.1 Å². The van der Waals surface area contributed by atoms with Crippen molar-refractivity contribution >= 4 is 0 Å². The number of hydrogen-bond donors (Lipinski definition) is 0. The number of allylic oxidation sites excluding steroid dienone is 2. The number of alkyl halides is 3. The first-order valence-corrected chi connectivity index (χ1v) is 12.0. The molecule has 0 heterocycles. The molecule has 2 aliphatic rings. The number of unbranched alkanes of at least 4 members (excludes halogenated alkanes) is 1. The van der Waals surface area contributed by atoms with Gasteiger partial charge in [-0.3, -0.25) is 0 Å². The van der Waals surface area contributed by atoms with Crippen molar-refractivity contribution in [2.45, 2.75) is 96.1 Å².